The van der Waals surface area contributed by atoms with Crippen LogP contribution in [0.3, 0.4) is 0 Å². The van der Waals surface area contributed by atoms with Gasteiger partial charge < -0.3 is 9.47 Å². The summed E-state index contributed by atoms with van der Waals surface area (Å²) in [4.78, 5) is 42.5. The van der Waals surface area contributed by atoms with E-state index in [1.807, 2.05) is 0 Å². The van der Waals surface area contributed by atoms with Crippen molar-refractivity contribution in [3.63, 3.8) is 0 Å². The van der Waals surface area contributed by atoms with Crippen LogP contribution in [0.4, 0.5) is 13.2 Å². The molecule has 10 heteroatoms. The Bertz CT molecular complexity index is 1110. The lowest BCUT2D eigenvalue weighted by atomic mass is 9.95. The minimum absolute atomic E-state index is 0.0257. The van der Waals surface area contributed by atoms with Crippen molar-refractivity contribution < 1.29 is 18.0 Å². The minimum Gasteiger partial charge on any atom is -0.347 e. The number of hydrogen-bond donors (Lipinski definition) is 0. The van der Waals surface area contributed by atoms with E-state index < -0.39 is 35.4 Å². The highest BCUT2D eigenvalue weighted by molar-refractivity contribution is 5.94. The van der Waals surface area contributed by atoms with Gasteiger partial charge in [-0.2, -0.15) is 13.2 Å². The fourth-order valence-corrected chi connectivity index (χ4v) is 2.95. The number of aliphatic imine (C=N–C) groups is 1. The maximum Gasteiger partial charge on any atom is 0.416 e. The summed E-state index contributed by atoms with van der Waals surface area (Å²) in [5.74, 6) is -0.493. The molecule has 0 atom stereocenters. The summed E-state index contributed by atoms with van der Waals surface area (Å²) in [6, 6.07) is 1.87. The lowest BCUT2D eigenvalue weighted by molar-refractivity contribution is -0.137. The fraction of sp³-hybridized carbons (Fsp3) is 0.333. The number of rotatable bonds is 3. The molecule has 2 heterocycles. The molecule has 0 N–H and O–H groups in total. The molecule has 0 bridgehead atoms. The molecular formula is C18H17F3N4O3. The molecule has 1 aliphatic rings. The van der Waals surface area contributed by atoms with Gasteiger partial charge in [0.25, 0.3) is 5.56 Å². The molecule has 0 radical (unpaired) electrons. The van der Waals surface area contributed by atoms with Crippen molar-refractivity contribution in [3.05, 3.63) is 55.9 Å². The molecule has 1 amide bonds. The minimum atomic E-state index is -4.60. The number of likely N-dealkylation sites (N-methyl/N-ethyl adjacent to an activating group) is 1. The van der Waals surface area contributed by atoms with Gasteiger partial charge in [0, 0.05) is 39.1 Å². The van der Waals surface area contributed by atoms with E-state index in [-0.39, 0.29) is 17.7 Å². The van der Waals surface area contributed by atoms with Gasteiger partial charge in [0.05, 0.1) is 17.7 Å². The third-order valence-electron chi connectivity index (χ3n) is 4.49. The van der Waals surface area contributed by atoms with Crippen molar-refractivity contribution >= 4 is 12.1 Å². The van der Waals surface area contributed by atoms with Crippen LogP contribution in [0.2, 0.25) is 0 Å². The van der Waals surface area contributed by atoms with Crippen molar-refractivity contribution in [2.45, 2.75) is 19.3 Å². The van der Waals surface area contributed by atoms with Crippen LogP contribution in [0.25, 0.3) is 11.1 Å². The van der Waals surface area contributed by atoms with Crippen LogP contribution in [-0.4, -0.2) is 40.3 Å². The highest BCUT2D eigenvalue weighted by Crippen LogP contribution is 2.36. The number of alkyl halides is 3. The van der Waals surface area contributed by atoms with Crippen molar-refractivity contribution in [1.82, 2.24) is 14.0 Å². The normalized spacial score (nSPS) is 12.9. The first-order valence-corrected chi connectivity index (χ1v) is 8.25. The topological polar surface area (TPSA) is 76.7 Å². The number of nitrogens with zero attached hydrogens (tertiary/aromatic N) is 4. The first-order valence-electron chi connectivity index (χ1n) is 8.25. The molecule has 0 unspecified atom stereocenters. The average Bonchev–Trinajstić information content (AvgIpc) is 3.08. The van der Waals surface area contributed by atoms with Gasteiger partial charge in [-0.3, -0.25) is 19.1 Å². The molecule has 0 saturated heterocycles. The Morgan fingerprint density at radius 1 is 1.21 bits per heavy atom. The van der Waals surface area contributed by atoms with Crippen LogP contribution in [0.5, 0.6) is 0 Å². The predicted octanol–water partition coefficient (Wildman–Crippen LogP) is 1.25. The van der Waals surface area contributed by atoms with Crippen LogP contribution in [-0.2, 0) is 31.1 Å². The first-order chi connectivity index (χ1) is 13.0. The number of fused-ring (bicyclic) bond motifs is 1. The molecule has 0 aliphatic carbocycles. The Balaban J connectivity index is 2.28. The average molecular weight is 394 g/mol. The second-order valence-electron chi connectivity index (χ2n) is 6.68. The fourth-order valence-electron chi connectivity index (χ4n) is 2.95. The molecule has 0 fully saturated rings. The van der Waals surface area contributed by atoms with Crippen LogP contribution >= 0.6 is 0 Å². The molecule has 3 rings (SSSR count). The molecule has 0 saturated carbocycles. The quantitative estimate of drug-likeness (QED) is 0.786. The van der Waals surface area contributed by atoms with Gasteiger partial charge in [-0.25, -0.2) is 4.79 Å². The van der Waals surface area contributed by atoms with Gasteiger partial charge in [0.2, 0.25) is 5.91 Å². The van der Waals surface area contributed by atoms with Gasteiger partial charge in [0.15, 0.2) is 0 Å². The first kappa shape index (κ1) is 19.6. The summed E-state index contributed by atoms with van der Waals surface area (Å²) in [6.45, 7) is -0.438. The van der Waals surface area contributed by atoms with Crippen LogP contribution in [0.1, 0.15) is 16.7 Å². The van der Waals surface area contributed by atoms with E-state index in [1.54, 1.807) is 0 Å². The zero-order chi connectivity index (χ0) is 20.8. The summed E-state index contributed by atoms with van der Waals surface area (Å²) in [7, 11) is 4.31. The number of amides is 1. The third kappa shape index (κ3) is 3.37. The largest absolute Gasteiger partial charge is 0.416 e. The summed E-state index contributed by atoms with van der Waals surface area (Å²) in [6.07, 6.45) is -2.01. The lowest BCUT2D eigenvalue weighted by Crippen LogP contribution is -2.43. The second kappa shape index (κ2) is 6.77. The van der Waals surface area contributed by atoms with E-state index in [1.165, 1.54) is 38.5 Å². The molecule has 1 aromatic carbocycles. The van der Waals surface area contributed by atoms with E-state index in [9.17, 15) is 27.6 Å². The zero-order valence-electron chi connectivity index (χ0n) is 15.4. The highest BCUT2D eigenvalue weighted by atomic mass is 19.4. The molecule has 28 heavy (non-hydrogen) atoms. The molecule has 148 valence electrons. The predicted molar refractivity (Wildman–Crippen MR) is 96.4 cm³/mol. The summed E-state index contributed by atoms with van der Waals surface area (Å²) in [5.41, 5.74) is -1.82. The van der Waals surface area contributed by atoms with Gasteiger partial charge in [-0.1, -0.05) is 0 Å². The number of carbonyl (C=O) groups is 1. The maximum atomic E-state index is 13.3. The Morgan fingerprint density at radius 3 is 2.50 bits per heavy atom. The number of aryl methyl sites for hydroxylation is 1. The van der Waals surface area contributed by atoms with Gasteiger partial charge in [-0.15, -0.1) is 0 Å². The summed E-state index contributed by atoms with van der Waals surface area (Å²) in [5, 5.41) is 0. The molecule has 1 aliphatic heterocycles. The Morgan fingerprint density at radius 2 is 1.89 bits per heavy atom. The van der Waals surface area contributed by atoms with Crippen molar-refractivity contribution in [2.24, 2.45) is 12.0 Å². The Kier molecular flexibility index (Phi) is 4.74. The maximum absolute atomic E-state index is 13.3. The number of carbonyl (C=O) groups excluding carboxylic acids is 1. The van der Waals surface area contributed by atoms with Crippen molar-refractivity contribution in [1.29, 1.82) is 0 Å². The van der Waals surface area contributed by atoms with E-state index in [2.05, 4.69) is 4.99 Å². The molecule has 7 nitrogen and oxygen atoms in total. The Hall–Kier alpha value is -3.17. The summed E-state index contributed by atoms with van der Waals surface area (Å²) >= 11 is 0. The smallest absolute Gasteiger partial charge is 0.347 e. The highest BCUT2D eigenvalue weighted by Gasteiger charge is 2.33. The molecule has 1 aromatic heterocycles. The van der Waals surface area contributed by atoms with E-state index >= 15 is 0 Å². The Labute approximate surface area is 157 Å². The zero-order valence-corrected chi connectivity index (χ0v) is 15.4. The molecule has 0 spiro atoms. The number of hydrogen-bond acceptors (Lipinski definition) is 4. The molecular weight excluding hydrogens is 377 g/mol. The lowest BCUT2D eigenvalue weighted by Gasteiger charge is -2.16. The number of halogens is 3. The van der Waals surface area contributed by atoms with E-state index in [0.717, 1.165) is 21.3 Å². The summed E-state index contributed by atoms with van der Waals surface area (Å²) < 4.78 is 41.7. The van der Waals surface area contributed by atoms with Crippen molar-refractivity contribution in [2.75, 3.05) is 14.1 Å². The van der Waals surface area contributed by atoms with Crippen LogP contribution < -0.4 is 11.2 Å². The number of benzene rings is 1. The van der Waals surface area contributed by atoms with Gasteiger partial charge >= 0.3 is 11.9 Å². The van der Waals surface area contributed by atoms with Crippen molar-refractivity contribution in [3.8, 4) is 11.1 Å². The standard InChI is InChI=1S/C18H17F3N4O3/c1-23(2)15(26)9-25-16(27)14(8-24(3)17(25)28)12-5-11(18(19,20)21)4-10-6-22-7-13(10)12/h4-5,7-8H,6,9H2,1-3H3. The van der Waals surface area contributed by atoms with Crippen LogP contribution in [0, 0.1) is 0 Å². The third-order valence-corrected chi connectivity index (χ3v) is 4.49. The monoisotopic (exact) mass is 394 g/mol. The van der Waals surface area contributed by atoms with E-state index in [4.69, 9.17) is 0 Å². The van der Waals surface area contributed by atoms with Gasteiger partial charge in [0.1, 0.15) is 6.54 Å². The van der Waals surface area contributed by atoms with E-state index in [0.29, 0.717) is 11.1 Å². The number of aromatic nitrogens is 2. The molecule has 2 aromatic rings. The SMILES string of the molecule is CN(C)C(=O)Cn1c(=O)c(-c2cc(C(F)(F)F)cc3c2C=NC3)cn(C)c1=O. The second-order valence-corrected chi connectivity index (χ2v) is 6.68. The van der Waals surface area contributed by atoms with Gasteiger partial charge in [-0.05, 0) is 23.3 Å². The van der Waals surface area contributed by atoms with Crippen LogP contribution in [0.15, 0.2) is 32.9 Å².